The first kappa shape index (κ1) is 25.6. The SMILES string of the molecule is CCOc1ccc(N(CC(=O)N/N=C\c2ccc(OC3CSC3)cc2)S(=O)(=O)c2ccccc2)cc1. The quantitative estimate of drug-likeness (QED) is 0.301. The van der Waals surface area contributed by atoms with Gasteiger partial charge >= 0.3 is 0 Å². The van der Waals surface area contributed by atoms with Crippen molar-refractivity contribution in [3.8, 4) is 11.5 Å². The molecule has 0 aliphatic carbocycles. The van der Waals surface area contributed by atoms with Gasteiger partial charge in [0.15, 0.2) is 0 Å². The summed E-state index contributed by atoms with van der Waals surface area (Å²) in [6.45, 7) is 1.90. The summed E-state index contributed by atoms with van der Waals surface area (Å²) in [6, 6.07) is 21.9. The minimum atomic E-state index is -4.00. The van der Waals surface area contributed by atoms with Crippen molar-refractivity contribution in [1.82, 2.24) is 5.43 Å². The van der Waals surface area contributed by atoms with Gasteiger partial charge in [0.1, 0.15) is 24.1 Å². The van der Waals surface area contributed by atoms with E-state index in [-0.39, 0.29) is 11.0 Å². The van der Waals surface area contributed by atoms with Crippen LogP contribution in [-0.2, 0) is 14.8 Å². The van der Waals surface area contributed by atoms with Gasteiger partial charge in [0.25, 0.3) is 15.9 Å². The van der Waals surface area contributed by atoms with E-state index >= 15 is 0 Å². The van der Waals surface area contributed by atoms with Crippen LogP contribution in [-0.4, -0.2) is 51.3 Å². The molecule has 0 unspecified atom stereocenters. The number of sulfonamides is 1. The minimum Gasteiger partial charge on any atom is -0.494 e. The third-order valence-corrected chi connectivity index (χ3v) is 8.25. The molecule has 0 bridgehead atoms. The summed E-state index contributed by atoms with van der Waals surface area (Å²) in [4.78, 5) is 12.8. The van der Waals surface area contributed by atoms with Crippen LogP contribution in [0.4, 0.5) is 5.69 Å². The van der Waals surface area contributed by atoms with E-state index in [4.69, 9.17) is 9.47 Å². The van der Waals surface area contributed by atoms with Gasteiger partial charge in [0.05, 0.1) is 23.4 Å². The predicted octanol–water partition coefficient (Wildman–Crippen LogP) is 3.93. The van der Waals surface area contributed by atoms with E-state index in [9.17, 15) is 13.2 Å². The highest BCUT2D eigenvalue weighted by atomic mass is 32.2. The third kappa shape index (κ3) is 6.58. The molecule has 0 aromatic heterocycles. The predicted molar refractivity (Wildman–Crippen MR) is 143 cm³/mol. The van der Waals surface area contributed by atoms with Crippen molar-refractivity contribution >= 4 is 39.6 Å². The molecule has 3 aromatic carbocycles. The topological polar surface area (TPSA) is 97.3 Å². The first-order valence-corrected chi connectivity index (χ1v) is 14.0. The normalized spacial score (nSPS) is 13.7. The maximum Gasteiger partial charge on any atom is 0.264 e. The molecule has 1 N–H and O–H groups in total. The average Bonchev–Trinajstić information content (AvgIpc) is 2.87. The zero-order chi connectivity index (χ0) is 25.4. The van der Waals surface area contributed by atoms with Crippen molar-refractivity contribution < 1.29 is 22.7 Å². The van der Waals surface area contributed by atoms with Crippen molar-refractivity contribution in [3.63, 3.8) is 0 Å². The van der Waals surface area contributed by atoms with E-state index in [2.05, 4.69) is 10.5 Å². The Morgan fingerprint density at radius 2 is 1.69 bits per heavy atom. The van der Waals surface area contributed by atoms with E-state index in [1.54, 1.807) is 42.5 Å². The van der Waals surface area contributed by atoms with E-state index in [0.29, 0.717) is 18.0 Å². The number of carbonyl (C=O) groups is 1. The van der Waals surface area contributed by atoms with Gasteiger partial charge in [0, 0.05) is 11.5 Å². The fourth-order valence-electron chi connectivity index (χ4n) is 3.36. The van der Waals surface area contributed by atoms with Gasteiger partial charge in [-0.1, -0.05) is 18.2 Å². The molecule has 8 nitrogen and oxygen atoms in total. The van der Waals surface area contributed by atoms with Crippen LogP contribution in [0.3, 0.4) is 0 Å². The zero-order valence-corrected chi connectivity index (χ0v) is 21.4. The molecule has 0 radical (unpaired) electrons. The second-order valence-electron chi connectivity index (χ2n) is 7.89. The molecule has 1 aliphatic rings. The Hall–Kier alpha value is -3.50. The Morgan fingerprint density at radius 3 is 2.31 bits per heavy atom. The number of ether oxygens (including phenoxy) is 2. The molecule has 1 amide bonds. The van der Waals surface area contributed by atoms with Gasteiger partial charge in [-0.15, -0.1) is 0 Å². The first-order chi connectivity index (χ1) is 17.5. The molecule has 188 valence electrons. The second kappa shape index (κ2) is 12.0. The summed E-state index contributed by atoms with van der Waals surface area (Å²) in [7, 11) is -4.00. The summed E-state index contributed by atoms with van der Waals surface area (Å²) >= 11 is 1.85. The van der Waals surface area contributed by atoms with Gasteiger partial charge < -0.3 is 9.47 Å². The largest absolute Gasteiger partial charge is 0.494 e. The van der Waals surface area contributed by atoms with Gasteiger partial charge in [0.2, 0.25) is 0 Å². The average molecular weight is 526 g/mol. The molecular weight excluding hydrogens is 498 g/mol. The van der Waals surface area contributed by atoms with Crippen LogP contribution in [0.2, 0.25) is 0 Å². The fourth-order valence-corrected chi connectivity index (χ4v) is 5.37. The van der Waals surface area contributed by atoms with Crippen molar-refractivity contribution in [2.45, 2.75) is 17.9 Å². The number of thioether (sulfide) groups is 1. The first-order valence-electron chi connectivity index (χ1n) is 11.4. The number of hydrogen-bond donors (Lipinski definition) is 1. The van der Waals surface area contributed by atoms with E-state index in [0.717, 1.165) is 27.1 Å². The lowest BCUT2D eigenvalue weighted by Crippen LogP contribution is -2.39. The smallest absolute Gasteiger partial charge is 0.264 e. The Kier molecular flexibility index (Phi) is 8.50. The molecule has 3 aromatic rings. The number of nitrogens with one attached hydrogen (secondary N) is 1. The van der Waals surface area contributed by atoms with Crippen molar-refractivity contribution in [2.75, 3.05) is 29.0 Å². The molecule has 10 heteroatoms. The van der Waals surface area contributed by atoms with Crippen molar-refractivity contribution in [3.05, 3.63) is 84.4 Å². The lowest BCUT2D eigenvalue weighted by molar-refractivity contribution is -0.119. The van der Waals surface area contributed by atoms with Crippen LogP contribution < -0.4 is 19.2 Å². The standard InChI is InChI=1S/C26H27N3O5S2/c1-2-33-22-14-10-21(11-15-22)29(36(31,32)25-6-4-3-5-7-25)17-26(30)28-27-16-20-8-12-23(13-9-20)34-24-18-35-19-24/h3-16,24H,2,17-19H2,1H3,(H,28,30)/b27-16-. The minimum absolute atomic E-state index is 0.0815. The number of rotatable bonds is 11. The molecule has 1 aliphatic heterocycles. The van der Waals surface area contributed by atoms with Crippen LogP contribution in [0.15, 0.2) is 88.9 Å². The Morgan fingerprint density at radius 1 is 1.03 bits per heavy atom. The zero-order valence-electron chi connectivity index (χ0n) is 19.7. The second-order valence-corrected chi connectivity index (χ2v) is 10.8. The van der Waals surface area contributed by atoms with Gasteiger partial charge in [-0.3, -0.25) is 9.10 Å². The van der Waals surface area contributed by atoms with Crippen LogP contribution in [0.25, 0.3) is 0 Å². The van der Waals surface area contributed by atoms with Crippen LogP contribution in [0.5, 0.6) is 11.5 Å². The summed E-state index contributed by atoms with van der Waals surface area (Å²) in [5.74, 6) is 2.82. The lowest BCUT2D eigenvalue weighted by Gasteiger charge is -2.25. The number of benzene rings is 3. The van der Waals surface area contributed by atoms with Gasteiger partial charge in [-0.25, -0.2) is 13.8 Å². The molecule has 0 saturated carbocycles. The molecule has 0 atom stereocenters. The Labute approximate surface area is 215 Å². The highest BCUT2D eigenvalue weighted by Gasteiger charge is 2.27. The highest BCUT2D eigenvalue weighted by Crippen LogP contribution is 2.26. The summed E-state index contributed by atoms with van der Waals surface area (Å²) < 4.78 is 39.1. The number of amides is 1. The molecular formula is C26H27N3O5S2. The molecule has 4 rings (SSSR count). The van der Waals surface area contributed by atoms with Gasteiger partial charge in [-0.05, 0) is 73.2 Å². The number of hydrogen-bond acceptors (Lipinski definition) is 7. The molecule has 1 heterocycles. The number of hydrazone groups is 1. The summed E-state index contributed by atoms with van der Waals surface area (Å²) in [6.07, 6.45) is 1.76. The maximum absolute atomic E-state index is 13.4. The Balaban J connectivity index is 1.45. The molecule has 0 spiro atoms. The Bertz CT molecular complexity index is 1280. The summed E-state index contributed by atoms with van der Waals surface area (Å²) in [5.41, 5.74) is 3.52. The monoisotopic (exact) mass is 525 g/mol. The van der Waals surface area contributed by atoms with Crippen LogP contribution in [0, 0.1) is 0 Å². The van der Waals surface area contributed by atoms with E-state index in [1.807, 2.05) is 43.0 Å². The van der Waals surface area contributed by atoms with Gasteiger partial charge in [-0.2, -0.15) is 16.9 Å². The van der Waals surface area contributed by atoms with E-state index in [1.165, 1.54) is 18.3 Å². The van der Waals surface area contributed by atoms with E-state index < -0.39 is 22.5 Å². The molecule has 1 saturated heterocycles. The van der Waals surface area contributed by atoms with Crippen LogP contribution in [0.1, 0.15) is 12.5 Å². The number of anilines is 1. The third-order valence-electron chi connectivity index (χ3n) is 5.25. The highest BCUT2D eigenvalue weighted by molar-refractivity contribution is 8.00. The van der Waals surface area contributed by atoms with Crippen molar-refractivity contribution in [2.24, 2.45) is 5.10 Å². The summed E-state index contributed by atoms with van der Waals surface area (Å²) in [5, 5.41) is 3.99. The number of carbonyl (C=O) groups excluding carboxylic acids is 1. The lowest BCUT2D eigenvalue weighted by atomic mass is 10.2. The molecule has 36 heavy (non-hydrogen) atoms. The van der Waals surface area contributed by atoms with Crippen LogP contribution >= 0.6 is 11.8 Å². The van der Waals surface area contributed by atoms with Crippen molar-refractivity contribution in [1.29, 1.82) is 0 Å². The number of nitrogens with zero attached hydrogens (tertiary/aromatic N) is 2. The molecule has 1 fully saturated rings. The fraction of sp³-hybridized carbons (Fsp3) is 0.231. The maximum atomic E-state index is 13.4.